The van der Waals surface area contributed by atoms with Crippen LogP contribution < -0.4 is 9.47 Å². The standard InChI is InChI=1S/C22H27NO5/c1-17-4-3-5-18(12-17)14-26-15-21-13-23(10-11-27-21)22(24)16-28-20-8-6-19(25-2)7-9-20/h3-9,12,21H,10-11,13-16H2,1-2H3. The van der Waals surface area contributed by atoms with Crippen LogP contribution in [0.4, 0.5) is 0 Å². The first kappa shape index (κ1) is 20.2. The number of amides is 1. The minimum atomic E-state index is -0.122. The van der Waals surface area contributed by atoms with Crippen molar-refractivity contribution in [1.82, 2.24) is 4.90 Å². The average molecular weight is 385 g/mol. The van der Waals surface area contributed by atoms with Crippen molar-refractivity contribution in [3.63, 3.8) is 0 Å². The van der Waals surface area contributed by atoms with Crippen LogP contribution in [0.3, 0.4) is 0 Å². The van der Waals surface area contributed by atoms with Crippen molar-refractivity contribution < 1.29 is 23.7 Å². The van der Waals surface area contributed by atoms with Gasteiger partial charge in [-0.15, -0.1) is 0 Å². The zero-order valence-corrected chi connectivity index (χ0v) is 16.4. The molecule has 0 N–H and O–H groups in total. The van der Waals surface area contributed by atoms with Crippen molar-refractivity contribution >= 4 is 5.91 Å². The first-order valence-corrected chi connectivity index (χ1v) is 9.43. The quantitative estimate of drug-likeness (QED) is 0.699. The molecular formula is C22H27NO5. The molecule has 1 amide bonds. The van der Waals surface area contributed by atoms with Crippen molar-refractivity contribution in [3.05, 3.63) is 59.7 Å². The van der Waals surface area contributed by atoms with E-state index in [1.807, 2.05) is 12.1 Å². The number of methoxy groups -OCH3 is 1. The second kappa shape index (κ2) is 10.1. The zero-order valence-electron chi connectivity index (χ0n) is 16.4. The first-order valence-electron chi connectivity index (χ1n) is 9.43. The third kappa shape index (κ3) is 5.97. The molecule has 0 spiro atoms. The number of rotatable bonds is 8. The lowest BCUT2D eigenvalue weighted by molar-refractivity contribution is -0.143. The Morgan fingerprint density at radius 2 is 1.96 bits per heavy atom. The van der Waals surface area contributed by atoms with Crippen molar-refractivity contribution in [2.24, 2.45) is 0 Å². The number of benzene rings is 2. The molecule has 0 aromatic heterocycles. The lowest BCUT2D eigenvalue weighted by Crippen LogP contribution is -2.48. The Morgan fingerprint density at radius 3 is 2.71 bits per heavy atom. The molecule has 6 heteroatoms. The monoisotopic (exact) mass is 385 g/mol. The molecule has 1 atom stereocenters. The summed E-state index contributed by atoms with van der Waals surface area (Å²) in [5.41, 5.74) is 2.35. The van der Waals surface area contributed by atoms with E-state index in [-0.39, 0.29) is 18.6 Å². The molecule has 1 fully saturated rings. The molecule has 0 aliphatic carbocycles. The Hall–Kier alpha value is -2.57. The van der Waals surface area contributed by atoms with Gasteiger partial charge in [-0.25, -0.2) is 0 Å². The van der Waals surface area contributed by atoms with E-state index < -0.39 is 0 Å². The Labute approximate surface area is 166 Å². The van der Waals surface area contributed by atoms with Crippen LogP contribution in [-0.2, 0) is 20.9 Å². The molecule has 6 nitrogen and oxygen atoms in total. The summed E-state index contributed by atoms with van der Waals surface area (Å²) in [5.74, 6) is 1.34. The molecule has 0 saturated carbocycles. The van der Waals surface area contributed by atoms with Crippen LogP contribution in [0, 0.1) is 6.92 Å². The van der Waals surface area contributed by atoms with Gasteiger partial charge in [0.05, 0.1) is 33.0 Å². The first-order chi connectivity index (χ1) is 13.6. The van der Waals surface area contributed by atoms with Gasteiger partial charge in [0.2, 0.25) is 0 Å². The Bertz CT molecular complexity index is 762. The zero-order chi connectivity index (χ0) is 19.8. The summed E-state index contributed by atoms with van der Waals surface area (Å²) >= 11 is 0. The highest BCUT2D eigenvalue weighted by atomic mass is 16.5. The average Bonchev–Trinajstić information content (AvgIpc) is 2.73. The highest BCUT2D eigenvalue weighted by Gasteiger charge is 2.24. The smallest absolute Gasteiger partial charge is 0.260 e. The van der Waals surface area contributed by atoms with Crippen LogP contribution in [-0.4, -0.2) is 56.9 Å². The predicted molar refractivity (Wildman–Crippen MR) is 106 cm³/mol. The normalized spacial score (nSPS) is 16.6. The van der Waals surface area contributed by atoms with Crippen molar-refractivity contribution in [2.75, 3.05) is 40.0 Å². The topological polar surface area (TPSA) is 57.2 Å². The number of carbonyl (C=O) groups is 1. The number of aryl methyl sites for hydroxylation is 1. The molecule has 1 saturated heterocycles. The van der Waals surface area contributed by atoms with E-state index in [9.17, 15) is 4.79 Å². The van der Waals surface area contributed by atoms with Gasteiger partial charge < -0.3 is 23.8 Å². The van der Waals surface area contributed by atoms with Gasteiger partial charge in [-0.05, 0) is 36.8 Å². The van der Waals surface area contributed by atoms with Gasteiger partial charge in [0.25, 0.3) is 5.91 Å². The van der Waals surface area contributed by atoms with Gasteiger partial charge in [-0.2, -0.15) is 0 Å². The predicted octanol–water partition coefficient (Wildman–Crippen LogP) is 2.83. The number of hydrogen-bond donors (Lipinski definition) is 0. The number of hydrogen-bond acceptors (Lipinski definition) is 5. The fourth-order valence-corrected chi connectivity index (χ4v) is 3.07. The van der Waals surface area contributed by atoms with E-state index >= 15 is 0 Å². The molecule has 3 rings (SSSR count). The summed E-state index contributed by atoms with van der Waals surface area (Å²) in [4.78, 5) is 14.2. The SMILES string of the molecule is COc1ccc(OCC(=O)N2CCOC(COCc3cccc(C)c3)C2)cc1. The maximum Gasteiger partial charge on any atom is 0.260 e. The van der Waals surface area contributed by atoms with Crippen LogP contribution in [0.1, 0.15) is 11.1 Å². The van der Waals surface area contributed by atoms with Crippen molar-refractivity contribution in [3.8, 4) is 11.5 Å². The molecule has 2 aromatic carbocycles. The molecule has 1 unspecified atom stereocenters. The second-order valence-electron chi connectivity index (χ2n) is 6.80. The third-order valence-electron chi connectivity index (χ3n) is 4.57. The fraction of sp³-hybridized carbons (Fsp3) is 0.409. The largest absolute Gasteiger partial charge is 0.497 e. The maximum atomic E-state index is 12.5. The van der Waals surface area contributed by atoms with E-state index in [0.29, 0.717) is 38.7 Å². The minimum Gasteiger partial charge on any atom is -0.497 e. The van der Waals surface area contributed by atoms with Crippen molar-refractivity contribution in [1.29, 1.82) is 0 Å². The summed E-state index contributed by atoms with van der Waals surface area (Å²) < 4.78 is 22.2. The van der Waals surface area contributed by atoms with Crippen LogP contribution in [0.25, 0.3) is 0 Å². The number of carbonyl (C=O) groups excluding carboxylic acids is 1. The van der Waals surface area contributed by atoms with Gasteiger partial charge in [0.15, 0.2) is 6.61 Å². The van der Waals surface area contributed by atoms with Crippen LogP contribution in [0.2, 0.25) is 0 Å². The van der Waals surface area contributed by atoms with Crippen LogP contribution in [0.5, 0.6) is 11.5 Å². The number of morpholine rings is 1. The van der Waals surface area contributed by atoms with E-state index in [0.717, 1.165) is 11.3 Å². The van der Waals surface area contributed by atoms with Gasteiger partial charge in [-0.1, -0.05) is 29.8 Å². The van der Waals surface area contributed by atoms with Gasteiger partial charge in [0.1, 0.15) is 11.5 Å². The molecule has 150 valence electrons. The maximum absolute atomic E-state index is 12.5. The summed E-state index contributed by atoms with van der Waals surface area (Å²) in [6.07, 6.45) is -0.122. The van der Waals surface area contributed by atoms with E-state index in [2.05, 4.69) is 19.1 Å². The summed E-state index contributed by atoms with van der Waals surface area (Å²) in [7, 11) is 1.61. The van der Waals surface area contributed by atoms with E-state index in [4.69, 9.17) is 18.9 Å². The molecule has 28 heavy (non-hydrogen) atoms. The van der Waals surface area contributed by atoms with Crippen LogP contribution in [0.15, 0.2) is 48.5 Å². The minimum absolute atomic E-state index is 0.00317. The molecule has 1 heterocycles. The van der Waals surface area contributed by atoms with Crippen molar-refractivity contribution in [2.45, 2.75) is 19.6 Å². The molecule has 1 aliphatic heterocycles. The fourth-order valence-electron chi connectivity index (χ4n) is 3.07. The molecule has 0 bridgehead atoms. The van der Waals surface area contributed by atoms with Gasteiger partial charge in [-0.3, -0.25) is 4.79 Å². The Morgan fingerprint density at radius 1 is 1.18 bits per heavy atom. The van der Waals surface area contributed by atoms with Gasteiger partial charge in [0, 0.05) is 13.1 Å². The van der Waals surface area contributed by atoms with E-state index in [1.54, 1.807) is 36.3 Å². The highest BCUT2D eigenvalue weighted by Crippen LogP contribution is 2.17. The summed E-state index contributed by atoms with van der Waals surface area (Å²) in [6, 6.07) is 15.4. The molecule has 0 radical (unpaired) electrons. The number of ether oxygens (including phenoxy) is 4. The second-order valence-corrected chi connectivity index (χ2v) is 6.80. The van der Waals surface area contributed by atoms with E-state index in [1.165, 1.54) is 5.56 Å². The molecular weight excluding hydrogens is 358 g/mol. The summed E-state index contributed by atoms with van der Waals surface area (Å²) in [5, 5.41) is 0. The number of nitrogens with zero attached hydrogens (tertiary/aromatic N) is 1. The Kier molecular flexibility index (Phi) is 7.28. The lowest BCUT2D eigenvalue weighted by Gasteiger charge is -2.32. The van der Waals surface area contributed by atoms with Crippen LogP contribution >= 0.6 is 0 Å². The lowest BCUT2D eigenvalue weighted by atomic mass is 10.1. The van der Waals surface area contributed by atoms with Gasteiger partial charge >= 0.3 is 0 Å². The summed E-state index contributed by atoms with van der Waals surface area (Å²) in [6.45, 7) is 4.64. The molecule has 1 aliphatic rings. The molecule has 2 aromatic rings. The third-order valence-corrected chi connectivity index (χ3v) is 4.57. The highest BCUT2D eigenvalue weighted by molar-refractivity contribution is 5.77. The Balaban J connectivity index is 1.41.